The molecule has 4 heteroatoms. The maximum absolute atomic E-state index is 12.4. The fraction of sp³-hybridized carbons (Fsp3) is 0.968. The molecule has 4 nitrogen and oxygen atoms in total. The fourth-order valence-electron chi connectivity index (χ4n) is 12.9. The molecule has 4 spiro atoms. The van der Waals surface area contributed by atoms with Crippen molar-refractivity contribution in [1.82, 2.24) is 0 Å². The number of hydrogen-bond donors (Lipinski definition) is 0. The number of esters is 1. The molecule has 35 heavy (non-hydrogen) atoms. The molecule has 0 radical (unpaired) electrons. The summed E-state index contributed by atoms with van der Waals surface area (Å²) in [6.07, 6.45) is 13.9. The molecule has 2 saturated heterocycles. The van der Waals surface area contributed by atoms with Gasteiger partial charge in [-0.2, -0.15) is 0 Å². The summed E-state index contributed by atoms with van der Waals surface area (Å²) in [5.74, 6) is 1.27. The molecule has 7 fully saturated rings. The molecule has 0 amide bonds. The molecule has 7 aliphatic rings. The Labute approximate surface area is 212 Å². The second-order valence-electron chi connectivity index (χ2n) is 15.5. The maximum atomic E-state index is 12.4. The summed E-state index contributed by atoms with van der Waals surface area (Å²) in [7, 11) is 1.93. The molecular formula is C31H48O4. The summed E-state index contributed by atoms with van der Waals surface area (Å²) in [6, 6.07) is 0. The lowest BCUT2D eigenvalue weighted by Crippen LogP contribution is -2.61. The second-order valence-corrected chi connectivity index (χ2v) is 15.5. The molecule has 2 heterocycles. The van der Waals surface area contributed by atoms with E-state index in [9.17, 15) is 4.79 Å². The minimum absolute atomic E-state index is 0.0419. The number of methoxy groups -OCH3 is 1. The van der Waals surface area contributed by atoms with Gasteiger partial charge in [0, 0.05) is 25.4 Å². The lowest BCUT2D eigenvalue weighted by Gasteiger charge is -2.64. The van der Waals surface area contributed by atoms with Crippen LogP contribution in [0.5, 0.6) is 0 Å². The monoisotopic (exact) mass is 484 g/mol. The van der Waals surface area contributed by atoms with Gasteiger partial charge in [-0.05, 0) is 97.2 Å². The Kier molecular flexibility index (Phi) is 4.37. The molecule has 5 aliphatic carbocycles. The predicted molar refractivity (Wildman–Crippen MR) is 134 cm³/mol. The Morgan fingerprint density at radius 1 is 0.857 bits per heavy atom. The van der Waals surface area contributed by atoms with E-state index in [1.54, 1.807) is 0 Å². The van der Waals surface area contributed by atoms with E-state index in [4.69, 9.17) is 14.2 Å². The van der Waals surface area contributed by atoms with Crippen LogP contribution < -0.4 is 0 Å². The van der Waals surface area contributed by atoms with Gasteiger partial charge in [-0.1, -0.05) is 41.5 Å². The van der Waals surface area contributed by atoms with Crippen molar-refractivity contribution < 1.29 is 19.0 Å². The number of rotatable bonds is 1. The van der Waals surface area contributed by atoms with Gasteiger partial charge in [0.25, 0.3) is 0 Å². The van der Waals surface area contributed by atoms with E-state index >= 15 is 0 Å². The Bertz CT molecular complexity index is 975. The molecule has 7 rings (SSSR count). The topological polar surface area (TPSA) is 44.8 Å². The van der Waals surface area contributed by atoms with Crippen LogP contribution in [0.1, 0.15) is 112 Å². The average molecular weight is 485 g/mol. The third kappa shape index (κ3) is 2.35. The van der Waals surface area contributed by atoms with Crippen molar-refractivity contribution in [3.63, 3.8) is 0 Å². The van der Waals surface area contributed by atoms with Gasteiger partial charge >= 0.3 is 5.97 Å². The second kappa shape index (κ2) is 6.50. The summed E-state index contributed by atoms with van der Waals surface area (Å²) >= 11 is 0. The summed E-state index contributed by atoms with van der Waals surface area (Å²) < 4.78 is 19.2. The first-order valence-corrected chi connectivity index (χ1v) is 14.8. The van der Waals surface area contributed by atoms with Crippen molar-refractivity contribution in [2.24, 2.45) is 50.7 Å². The van der Waals surface area contributed by atoms with E-state index in [1.165, 1.54) is 51.4 Å². The van der Waals surface area contributed by atoms with Gasteiger partial charge in [0.05, 0.1) is 17.6 Å². The summed E-state index contributed by atoms with van der Waals surface area (Å²) in [5.41, 5.74) is 1.66. The van der Waals surface area contributed by atoms with Crippen LogP contribution in [0.2, 0.25) is 0 Å². The van der Waals surface area contributed by atoms with E-state index < -0.39 is 5.79 Å². The number of fused-ring (bicyclic) bond motifs is 3. The lowest BCUT2D eigenvalue weighted by atomic mass is 9.41. The number of ether oxygens (including phenoxy) is 3. The van der Waals surface area contributed by atoms with Gasteiger partial charge in [-0.25, -0.2) is 0 Å². The quantitative estimate of drug-likeness (QED) is 0.380. The van der Waals surface area contributed by atoms with Gasteiger partial charge in [0.1, 0.15) is 0 Å². The van der Waals surface area contributed by atoms with Crippen molar-refractivity contribution in [3.05, 3.63) is 0 Å². The van der Waals surface area contributed by atoms with Crippen LogP contribution in [-0.4, -0.2) is 30.6 Å². The standard InChI is InChI=1S/C31H48O4/c1-19-16-30(34-24(19)32)17-20(2)31(35-30)15-12-26(5)22-9-8-21-25(3,4)23(33-7)10-11-28(21)18-29(22,28)14-13-27(26,31)6/h19-23H,8-18H2,1-7H3/t19?,20-,21+,22+,23-,26+,27+,28-,29+,30?,31+/m1/s1. The summed E-state index contributed by atoms with van der Waals surface area (Å²) in [5, 5.41) is 0. The normalized spacial score (nSPS) is 61.8. The van der Waals surface area contributed by atoms with E-state index in [0.29, 0.717) is 28.3 Å². The molecule has 2 aliphatic heterocycles. The van der Waals surface area contributed by atoms with Gasteiger partial charge in [-0.15, -0.1) is 0 Å². The molecule has 196 valence electrons. The van der Waals surface area contributed by atoms with Crippen LogP contribution >= 0.6 is 0 Å². The predicted octanol–water partition coefficient (Wildman–Crippen LogP) is 6.90. The lowest BCUT2D eigenvalue weighted by molar-refractivity contribution is -0.269. The summed E-state index contributed by atoms with van der Waals surface area (Å²) in [4.78, 5) is 12.4. The van der Waals surface area contributed by atoms with Crippen molar-refractivity contribution in [2.75, 3.05) is 7.11 Å². The zero-order valence-electron chi connectivity index (χ0n) is 23.3. The maximum Gasteiger partial charge on any atom is 0.311 e. The van der Waals surface area contributed by atoms with Crippen LogP contribution in [0.15, 0.2) is 0 Å². The van der Waals surface area contributed by atoms with Gasteiger partial charge in [0.2, 0.25) is 5.79 Å². The van der Waals surface area contributed by atoms with Gasteiger partial charge < -0.3 is 14.2 Å². The largest absolute Gasteiger partial charge is 0.433 e. The van der Waals surface area contributed by atoms with Crippen molar-refractivity contribution in [2.45, 2.75) is 130 Å². The molecule has 0 aromatic rings. The van der Waals surface area contributed by atoms with Gasteiger partial charge in [-0.3, -0.25) is 4.79 Å². The molecule has 2 unspecified atom stereocenters. The van der Waals surface area contributed by atoms with E-state index in [1.807, 2.05) is 14.0 Å². The molecule has 11 atom stereocenters. The minimum atomic E-state index is -0.666. The van der Waals surface area contributed by atoms with Crippen LogP contribution in [0.3, 0.4) is 0 Å². The highest BCUT2D eigenvalue weighted by Crippen LogP contribution is 2.90. The first-order chi connectivity index (χ1) is 16.4. The van der Waals surface area contributed by atoms with E-state index in [0.717, 1.165) is 31.1 Å². The molecular weight excluding hydrogens is 436 g/mol. The van der Waals surface area contributed by atoms with E-state index in [-0.39, 0.29) is 28.3 Å². The number of hydrogen-bond acceptors (Lipinski definition) is 4. The molecule has 0 aromatic carbocycles. The first kappa shape index (κ1) is 23.5. The minimum Gasteiger partial charge on any atom is -0.433 e. The Hall–Kier alpha value is -0.610. The highest BCUT2D eigenvalue weighted by atomic mass is 16.7. The Morgan fingerprint density at radius 3 is 2.26 bits per heavy atom. The van der Waals surface area contributed by atoms with Crippen LogP contribution in [-0.2, 0) is 19.0 Å². The molecule has 5 saturated carbocycles. The Balaban J connectivity index is 1.24. The number of carbonyl (C=O) groups excluding carboxylic acids is 1. The summed E-state index contributed by atoms with van der Waals surface area (Å²) in [6.45, 7) is 14.7. The van der Waals surface area contributed by atoms with Crippen LogP contribution in [0.25, 0.3) is 0 Å². The zero-order chi connectivity index (χ0) is 24.9. The smallest absolute Gasteiger partial charge is 0.311 e. The Morgan fingerprint density at radius 2 is 1.57 bits per heavy atom. The highest BCUT2D eigenvalue weighted by molar-refractivity contribution is 5.74. The van der Waals surface area contributed by atoms with Crippen LogP contribution in [0, 0.1) is 50.7 Å². The third-order valence-corrected chi connectivity index (χ3v) is 14.6. The highest BCUT2D eigenvalue weighted by Gasteiger charge is 2.85. The van der Waals surface area contributed by atoms with Crippen molar-refractivity contribution in [3.8, 4) is 0 Å². The fourth-order valence-corrected chi connectivity index (χ4v) is 12.9. The van der Waals surface area contributed by atoms with Gasteiger partial charge in [0.15, 0.2) is 0 Å². The average Bonchev–Trinajstić information content (AvgIpc) is 3.14. The van der Waals surface area contributed by atoms with E-state index in [2.05, 4.69) is 34.6 Å². The molecule has 0 aromatic heterocycles. The van der Waals surface area contributed by atoms with Crippen molar-refractivity contribution in [1.29, 1.82) is 0 Å². The zero-order valence-corrected chi connectivity index (χ0v) is 23.3. The third-order valence-electron chi connectivity index (χ3n) is 14.6. The van der Waals surface area contributed by atoms with Crippen molar-refractivity contribution >= 4 is 5.97 Å². The number of carbonyl (C=O) groups is 1. The van der Waals surface area contributed by atoms with Crippen LogP contribution in [0.4, 0.5) is 0 Å². The SMILES string of the molecule is CO[C@@H]1CC[C@]23C[C@]24CC[C@@]2(C)[C@@](C)(CC[C@@]25OC2(CC(C)C(=O)O2)C[C@H]5C)[C@@H]4CC[C@H]3C1(C)C. The molecule has 0 N–H and O–H groups in total. The first-order valence-electron chi connectivity index (χ1n) is 14.8. The molecule has 0 bridgehead atoms.